The Morgan fingerprint density at radius 3 is 2.42 bits per heavy atom. The van der Waals surface area contributed by atoms with Crippen molar-refractivity contribution >= 4 is 45.0 Å². The minimum absolute atomic E-state index is 0.104. The number of carbonyl (C=O) groups is 2. The van der Waals surface area contributed by atoms with Gasteiger partial charge in [0.2, 0.25) is 5.78 Å². The van der Waals surface area contributed by atoms with E-state index in [0.717, 1.165) is 4.47 Å². The maximum Gasteiger partial charge on any atom is 0.342 e. The summed E-state index contributed by atoms with van der Waals surface area (Å²) in [4.78, 5) is 24.7. The SMILES string of the molecule is COc1cc(N)c(Cl)cc1C(=O)OC(C)C(=O)c1ccc(Br)cc1. The molecule has 0 amide bonds. The highest BCUT2D eigenvalue weighted by Gasteiger charge is 2.23. The van der Waals surface area contributed by atoms with Gasteiger partial charge in [0, 0.05) is 16.1 Å². The van der Waals surface area contributed by atoms with Gasteiger partial charge in [-0.1, -0.05) is 39.7 Å². The van der Waals surface area contributed by atoms with Crippen molar-refractivity contribution < 1.29 is 19.1 Å². The van der Waals surface area contributed by atoms with Crippen molar-refractivity contribution in [3.8, 4) is 5.75 Å². The van der Waals surface area contributed by atoms with Crippen molar-refractivity contribution in [3.63, 3.8) is 0 Å². The summed E-state index contributed by atoms with van der Waals surface area (Å²) >= 11 is 9.23. The topological polar surface area (TPSA) is 78.6 Å². The second-order valence-electron chi connectivity index (χ2n) is 4.99. The quantitative estimate of drug-likeness (QED) is 0.454. The first kappa shape index (κ1) is 18.3. The van der Waals surface area contributed by atoms with Crippen LogP contribution in [-0.4, -0.2) is 25.0 Å². The lowest BCUT2D eigenvalue weighted by Gasteiger charge is -2.15. The molecule has 0 bridgehead atoms. The van der Waals surface area contributed by atoms with Gasteiger partial charge in [0.1, 0.15) is 11.3 Å². The number of ether oxygens (including phenoxy) is 2. The fourth-order valence-corrected chi connectivity index (χ4v) is 2.45. The number of methoxy groups -OCH3 is 1. The monoisotopic (exact) mass is 411 g/mol. The first-order chi connectivity index (χ1) is 11.3. The number of anilines is 1. The molecule has 1 unspecified atom stereocenters. The van der Waals surface area contributed by atoms with Crippen molar-refractivity contribution in [2.75, 3.05) is 12.8 Å². The van der Waals surface area contributed by atoms with E-state index in [2.05, 4.69) is 15.9 Å². The molecule has 7 heteroatoms. The fourth-order valence-electron chi connectivity index (χ4n) is 2.02. The summed E-state index contributed by atoms with van der Waals surface area (Å²) < 4.78 is 11.2. The van der Waals surface area contributed by atoms with Gasteiger partial charge >= 0.3 is 5.97 Å². The molecule has 0 saturated carbocycles. The summed E-state index contributed by atoms with van der Waals surface area (Å²) in [6.45, 7) is 1.51. The zero-order chi connectivity index (χ0) is 17.9. The predicted octanol–water partition coefficient (Wildman–Crippen LogP) is 4.12. The molecule has 2 N–H and O–H groups in total. The molecular weight excluding hydrogens is 398 g/mol. The summed E-state index contributed by atoms with van der Waals surface area (Å²) in [5.74, 6) is -0.798. The Morgan fingerprint density at radius 1 is 1.21 bits per heavy atom. The van der Waals surface area contributed by atoms with Gasteiger partial charge in [-0.3, -0.25) is 4.79 Å². The molecule has 0 heterocycles. The van der Waals surface area contributed by atoms with E-state index >= 15 is 0 Å². The number of rotatable bonds is 5. The van der Waals surface area contributed by atoms with Crippen molar-refractivity contribution in [1.82, 2.24) is 0 Å². The molecule has 126 valence electrons. The molecule has 2 aromatic rings. The lowest BCUT2D eigenvalue weighted by atomic mass is 10.1. The number of ketones is 1. The second kappa shape index (κ2) is 7.68. The Hall–Kier alpha value is -2.05. The molecule has 5 nitrogen and oxygen atoms in total. The van der Waals surface area contributed by atoms with Crippen molar-refractivity contribution in [1.29, 1.82) is 0 Å². The van der Waals surface area contributed by atoms with Gasteiger partial charge in [0.25, 0.3) is 0 Å². The van der Waals surface area contributed by atoms with E-state index in [0.29, 0.717) is 5.56 Å². The third kappa shape index (κ3) is 4.07. The van der Waals surface area contributed by atoms with Crippen LogP contribution in [-0.2, 0) is 4.74 Å². The van der Waals surface area contributed by atoms with Crippen LogP contribution < -0.4 is 10.5 Å². The van der Waals surface area contributed by atoms with E-state index in [1.807, 2.05) is 0 Å². The van der Waals surface area contributed by atoms with E-state index in [9.17, 15) is 9.59 Å². The third-order valence-electron chi connectivity index (χ3n) is 3.32. The van der Waals surface area contributed by atoms with Gasteiger partial charge in [-0.2, -0.15) is 0 Å². The Balaban J connectivity index is 2.18. The van der Waals surface area contributed by atoms with Crippen LogP contribution in [0.15, 0.2) is 40.9 Å². The molecule has 0 aliphatic carbocycles. The first-order valence-electron chi connectivity index (χ1n) is 6.97. The summed E-state index contributed by atoms with van der Waals surface area (Å²) in [5, 5.41) is 0.203. The summed E-state index contributed by atoms with van der Waals surface area (Å²) in [6.07, 6.45) is -0.959. The zero-order valence-corrected chi connectivity index (χ0v) is 15.3. The summed E-state index contributed by atoms with van der Waals surface area (Å²) in [6, 6.07) is 9.57. The van der Waals surface area contributed by atoms with Crippen LogP contribution in [0.1, 0.15) is 27.6 Å². The molecular formula is C17H15BrClNO4. The number of halogens is 2. The van der Waals surface area contributed by atoms with Crippen molar-refractivity contribution in [2.45, 2.75) is 13.0 Å². The largest absolute Gasteiger partial charge is 0.496 e. The van der Waals surface area contributed by atoms with Crippen LogP contribution >= 0.6 is 27.5 Å². The van der Waals surface area contributed by atoms with E-state index in [4.69, 9.17) is 26.8 Å². The number of carbonyl (C=O) groups excluding carboxylic acids is 2. The van der Waals surface area contributed by atoms with Gasteiger partial charge in [-0.15, -0.1) is 0 Å². The molecule has 0 fully saturated rings. The first-order valence-corrected chi connectivity index (χ1v) is 8.14. The Kier molecular flexibility index (Phi) is 5.85. The highest BCUT2D eigenvalue weighted by atomic mass is 79.9. The maximum atomic E-state index is 12.3. The van der Waals surface area contributed by atoms with Crippen molar-refractivity contribution in [3.05, 3.63) is 57.0 Å². The molecule has 0 spiro atoms. The van der Waals surface area contributed by atoms with Crippen LogP contribution in [0.2, 0.25) is 5.02 Å². The molecule has 0 radical (unpaired) electrons. The predicted molar refractivity (Wildman–Crippen MR) is 95.8 cm³/mol. The average Bonchev–Trinajstić information content (AvgIpc) is 2.56. The lowest BCUT2D eigenvalue weighted by molar-refractivity contribution is 0.0316. The number of nitrogen functional groups attached to an aromatic ring is 1. The van der Waals surface area contributed by atoms with Crippen molar-refractivity contribution in [2.24, 2.45) is 0 Å². The summed E-state index contributed by atoms with van der Waals surface area (Å²) in [7, 11) is 1.40. The normalized spacial score (nSPS) is 11.7. The molecule has 0 saturated heterocycles. The van der Waals surface area contributed by atoms with Gasteiger partial charge in [-0.25, -0.2) is 4.79 Å². The molecule has 0 aliphatic rings. The number of esters is 1. The van der Waals surface area contributed by atoms with Crippen LogP contribution in [0.25, 0.3) is 0 Å². The third-order valence-corrected chi connectivity index (χ3v) is 4.18. The minimum atomic E-state index is -0.959. The van der Waals surface area contributed by atoms with Gasteiger partial charge in [0.05, 0.1) is 17.8 Å². The van der Waals surface area contributed by atoms with E-state index in [1.54, 1.807) is 24.3 Å². The Morgan fingerprint density at radius 2 is 1.83 bits per heavy atom. The highest BCUT2D eigenvalue weighted by molar-refractivity contribution is 9.10. The summed E-state index contributed by atoms with van der Waals surface area (Å²) in [5.41, 5.74) is 6.51. The van der Waals surface area contributed by atoms with E-state index < -0.39 is 12.1 Å². The van der Waals surface area contributed by atoms with Gasteiger partial charge in [-0.05, 0) is 25.1 Å². The number of Topliss-reactive ketones (excluding diaryl/α,β-unsaturated/α-hetero) is 1. The van der Waals surface area contributed by atoms with Gasteiger partial charge < -0.3 is 15.2 Å². The standard InChI is InChI=1S/C17H15BrClNO4/c1-9(16(21)10-3-5-11(18)6-4-10)24-17(22)12-7-13(19)14(20)8-15(12)23-2/h3-9H,20H2,1-2H3. The van der Waals surface area contributed by atoms with Crippen LogP contribution in [0.5, 0.6) is 5.75 Å². The minimum Gasteiger partial charge on any atom is -0.496 e. The molecule has 2 rings (SSSR count). The lowest BCUT2D eigenvalue weighted by Crippen LogP contribution is -2.24. The number of hydrogen-bond acceptors (Lipinski definition) is 5. The highest BCUT2D eigenvalue weighted by Crippen LogP contribution is 2.29. The van der Waals surface area contributed by atoms with Crippen LogP contribution in [0.4, 0.5) is 5.69 Å². The number of benzene rings is 2. The van der Waals surface area contributed by atoms with Crippen LogP contribution in [0.3, 0.4) is 0 Å². The second-order valence-corrected chi connectivity index (χ2v) is 6.32. The average molecular weight is 413 g/mol. The smallest absolute Gasteiger partial charge is 0.342 e. The number of hydrogen-bond donors (Lipinski definition) is 1. The van der Waals surface area contributed by atoms with Gasteiger partial charge in [0.15, 0.2) is 6.10 Å². The molecule has 24 heavy (non-hydrogen) atoms. The number of nitrogens with two attached hydrogens (primary N) is 1. The zero-order valence-electron chi connectivity index (χ0n) is 13.0. The maximum absolute atomic E-state index is 12.3. The molecule has 0 aliphatic heterocycles. The molecule has 1 atom stereocenters. The van der Waals surface area contributed by atoms with E-state index in [-0.39, 0.29) is 27.8 Å². The van der Waals surface area contributed by atoms with Crippen LogP contribution in [0, 0.1) is 0 Å². The molecule has 0 aromatic heterocycles. The fraction of sp³-hybridized carbons (Fsp3) is 0.176. The Labute approximate surface area is 152 Å². The molecule has 2 aromatic carbocycles. The Bertz CT molecular complexity index is 777. The van der Waals surface area contributed by atoms with E-state index in [1.165, 1.54) is 26.2 Å².